The molecule has 0 rings (SSSR count). The van der Waals surface area contributed by atoms with Crippen LogP contribution in [0.2, 0.25) is 0 Å². The third-order valence-corrected chi connectivity index (χ3v) is 1.99. The zero-order valence-electron chi connectivity index (χ0n) is 4.50. The van der Waals surface area contributed by atoms with E-state index in [-0.39, 0.29) is 29.7 Å². The van der Waals surface area contributed by atoms with E-state index in [0.717, 1.165) is 22.6 Å². The second kappa shape index (κ2) is 31.9. The van der Waals surface area contributed by atoms with Crippen LogP contribution in [0, 0.1) is 0 Å². The molecule has 0 aromatic rings. The monoisotopic (exact) mass is 198 g/mol. The largest absolute Gasteiger partial charge is 0.271 e. The lowest BCUT2D eigenvalue weighted by molar-refractivity contribution is 1.50. The lowest BCUT2D eigenvalue weighted by Gasteiger charge is -1.70. The van der Waals surface area contributed by atoms with Crippen molar-refractivity contribution in [2.75, 3.05) is 20.0 Å². The molecule has 0 unspecified atom stereocenters. The first-order chi connectivity index (χ1) is 3.41. The van der Waals surface area contributed by atoms with Gasteiger partial charge in [0.1, 0.15) is 0 Å². The summed E-state index contributed by atoms with van der Waals surface area (Å²) >= 11 is 0. The quantitative estimate of drug-likeness (QED) is 0.557. The molecule has 0 bridgehead atoms. The highest BCUT2D eigenvalue weighted by atomic mass is 31.1. The summed E-state index contributed by atoms with van der Waals surface area (Å²) in [6.07, 6.45) is 0. The molecular weight excluding hydrogens is 174 g/mol. The molecule has 2 nitrogen and oxygen atoms in total. The number of hydrogen-bond donors (Lipinski definition) is 0. The molecule has 0 aliphatic heterocycles. The van der Waals surface area contributed by atoms with E-state index in [1.54, 1.807) is 0 Å². The van der Waals surface area contributed by atoms with Crippen LogP contribution in [0.5, 0.6) is 0 Å². The molecule has 72 valence electrons. The molecule has 0 atom stereocenters. The molecule has 0 aliphatic rings. The lowest BCUT2D eigenvalue weighted by atomic mass is 11.6. The van der Waals surface area contributed by atoms with Crippen LogP contribution in [-0.2, 0) is 0 Å². The van der Waals surface area contributed by atoms with Gasteiger partial charge in [-0.25, -0.2) is 0 Å². The van der Waals surface area contributed by atoms with Crippen LogP contribution in [-0.4, -0.2) is 20.0 Å². The van der Waals surface area contributed by atoms with Gasteiger partial charge in [0.2, 0.25) is 0 Å². The zero-order chi connectivity index (χ0) is 5.54. The Bertz CT molecular complexity index is 72.5. The first-order valence-corrected chi connectivity index (χ1v) is 3.99. The smallest absolute Gasteiger partial charge is 0.0663 e. The highest BCUT2D eigenvalue weighted by molar-refractivity contribution is 7.45. The fraction of sp³-hybridized carbons (Fsp3) is 1.00. The van der Waals surface area contributed by atoms with E-state index >= 15 is 0 Å². The number of hydrogen-bond acceptors (Lipinski definition) is 2. The van der Waals surface area contributed by atoms with Crippen LogP contribution in [0.25, 0.3) is 0 Å². The third-order valence-electron chi connectivity index (χ3n) is 0.409. The Morgan fingerprint density at radius 3 is 1.27 bits per heavy atom. The SMILES string of the molecule is C.C.C.C.CN=PCP=NC. The first-order valence-electron chi connectivity index (χ1n) is 1.93. The Labute approximate surface area is 76.6 Å². The van der Waals surface area contributed by atoms with Gasteiger partial charge in [0.15, 0.2) is 0 Å². The van der Waals surface area contributed by atoms with Gasteiger partial charge in [-0.05, 0) is 0 Å². The Morgan fingerprint density at radius 1 is 0.818 bits per heavy atom. The van der Waals surface area contributed by atoms with Gasteiger partial charge in [0.25, 0.3) is 0 Å². The van der Waals surface area contributed by atoms with Gasteiger partial charge in [-0.2, -0.15) is 0 Å². The Balaban J connectivity index is -0.0000000300. The van der Waals surface area contributed by atoms with Crippen molar-refractivity contribution in [3.63, 3.8) is 0 Å². The van der Waals surface area contributed by atoms with Crippen molar-refractivity contribution in [3.8, 4) is 0 Å². The van der Waals surface area contributed by atoms with E-state index in [1.807, 2.05) is 14.1 Å². The maximum Gasteiger partial charge on any atom is 0.0663 e. The predicted molar refractivity (Wildman–Crippen MR) is 62.3 cm³/mol. The van der Waals surface area contributed by atoms with E-state index in [0.29, 0.717) is 0 Å². The van der Waals surface area contributed by atoms with Crippen LogP contribution in [0.15, 0.2) is 9.49 Å². The van der Waals surface area contributed by atoms with E-state index in [1.165, 1.54) is 0 Å². The molecule has 4 heteroatoms. The standard InChI is InChI=1S/C3H8N2P2.4CH4/c1-4-6-3-7-5-2;;;;/h3H2,1-2H3;4*1H4. The van der Waals surface area contributed by atoms with Gasteiger partial charge >= 0.3 is 0 Å². The molecule has 0 N–H and O–H groups in total. The van der Waals surface area contributed by atoms with Crippen LogP contribution in [0.4, 0.5) is 0 Å². The van der Waals surface area contributed by atoms with Gasteiger partial charge in [0, 0.05) is 30.8 Å². The van der Waals surface area contributed by atoms with Crippen molar-refractivity contribution in [2.45, 2.75) is 29.7 Å². The Kier molecular flexibility index (Phi) is 88.0. The summed E-state index contributed by atoms with van der Waals surface area (Å²) in [6.45, 7) is 0. The van der Waals surface area contributed by atoms with Gasteiger partial charge in [-0.1, -0.05) is 29.7 Å². The Morgan fingerprint density at radius 2 is 1.09 bits per heavy atom. The van der Waals surface area contributed by atoms with Crippen molar-refractivity contribution in [1.29, 1.82) is 0 Å². The van der Waals surface area contributed by atoms with E-state index in [9.17, 15) is 0 Å². The number of nitrogens with zero attached hydrogens (tertiary/aromatic N) is 2. The minimum Gasteiger partial charge on any atom is -0.271 e. The molecule has 0 saturated carbocycles. The summed E-state index contributed by atoms with van der Waals surface area (Å²) in [5, 5.41) is 0. The second-order valence-corrected chi connectivity index (χ2v) is 3.32. The fourth-order valence-corrected chi connectivity index (χ4v) is 1.39. The van der Waals surface area contributed by atoms with Crippen molar-refractivity contribution >= 4 is 16.7 Å². The van der Waals surface area contributed by atoms with Crippen molar-refractivity contribution < 1.29 is 0 Å². The van der Waals surface area contributed by atoms with Crippen LogP contribution < -0.4 is 0 Å². The van der Waals surface area contributed by atoms with Crippen molar-refractivity contribution in [2.24, 2.45) is 9.49 Å². The van der Waals surface area contributed by atoms with E-state index in [4.69, 9.17) is 0 Å². The number of rotatable bonds is 2. The van der Waals surface area contributed by atoms with E-state index < -0.39 is 0 Å². The molecule has 0 fully saturated rings. The maximum atomic E-state index is 3.88. The summed E-state index contributed by atoms with van der Waals surface area (Å²) < 4.78 is 7.76. The summed E-state index contributed by atoms with van der Waals surface area (Å²) in [7, 11) is 5.92. The van der Waals surface area contributed by atoms with Gasteiger partial charge in [0.05, 0.1) is 5.90 Å². The lowest BCUT2D eigenvalue weighted by Crippen LogP contribution is -1.42. The fourth-order valence-electron chi connectivity index (χ4n) is 0.155. The molecule has 0 saturated heterocycles. The van der Waals surface area contributed by atoms with Crippen LogP contribution in [0.3, 0.4) is 0 Å². The average molecular weight is 198 g/mol. The van der Waals surface area contributed by atoms with Gasteiger partial charge in [-0.15, -0.1) is 0 Å². The zero-order valence-corrected chi connectivity index (χ0v) is 6.28. The molecule has 0 heterocycles. The first kappa shape index (κ1) is 30.3. The third kappa shape index (κ3) is 38.9. The highest BCUT2D eigenvalue weighted by Crippen LogP contribution is 2.08. The molecule has 0 aromatic carbocycles. The molecule has 0 aliphatic carbocycles. The minimum absolute atomic E-state index is 0. The van der Waals surface area contributed by atoms with Gasteiger partial charge < -0.3 is 0 Å². The summed E-state index contributed by atoms with van der Waals surface area (Å²) in [5.41, 5.74) is 0. The van der Waals surface area contributed by atoms with Gasteiger partial charge in [-0.3, -0.25) is 9.49 Å². The average Bonchev–Trinajstić information content (AvgIpc) is 1.69. The Hall–Kier alpha value is 0.200. The maximum absolute atomic E-state index is 3.88. The second-order valence-electron chi connectivity index (χ2n) is 0.824. The van der Waals surface area contributed by atoms with Crippen molar-refractivity contribution in [3.05, 3.63) is 0 Å². The summed E-state index contributed by atoms with van der Waals surface area (Å²) in [5.74, 6) is 1.05. The molecule has 11 heavy (non-hydrogen) atoms. The molecule has 0 spiro atoms. The normalized spacial score (nSPS) is 7.45. The minimum atomic E-state index is 0. The summed E-state index contributed by atoms with van der Waals surface area (Å²) in [6, 6.07) is 0. The van der Waals surface area contributed by atoms with Crippen molar-refractivity contribution in [1.82, 2.24) is 0 Å². The molecular formula is C7H24N2P2. The molecule has 0 radical (unpaired) electrons. The highest BCUT2D eigenvalue weighted by Gasteiger charge is 1.66. The topological polar surface area (TPSA) is 24.7 Å². The molecule has 0 amide bonds. The molecule has 0 aromatic heterocycles. The van der Waals surface area contributed by atoms with Crippen LogP contribution in [0.1, 0.15) is 29.7 Å². The summed E-state index contributed by atoms with van der Waals surface area (Å²) in [4.78, 5) is 0. The van der Waals surface area contributed by atoms with Crippen LogP contribution >= 0.6 is 16.7 Å². The van der Waals surface area contributed by atoms with E-state index in [2.05, 4.69) is 9.49 Å². The predicted octanol–water partition coefficient (Wildman–Crippen LogP) is 5.01.